The molecule has 0 bridgehead atoms. The molecule has 5 heteroatoms. The van der Waals surface area contributed by atoms with E-state index in [2.05, 4.69) is 4.99 Å². The van der Waals surface area contributed by atoms with E-state index in [-0.39, 0.29) is 17.6 Å². The second kappa shape index (κ2) is 8.35. The Labute approximate surface area is 90.7 Å². The molecule has 0 aliphatic rings. The number of hydrogen-bond acceptors (Lipinski definition) is 4. The summed E-state index contributed by atoms with van der Waals surface area (Å²) in [6, 6.07) is -0.577. The van der Waals surface area contributed by atoms with E-state index in [1.165, 1.54) is 0 Å². The largest absolute Gasteiger partial charge is 0.371 e. The molecule has 2 unspecified atom stereocenters. The number of rotatable bonds is 8. The molecule has 0 aromatic carbocycles. The van der Waals surface area contributed by atoms with Crippen molar-refractivity contribution in [2.24, 2.45) is 4.99 Å². The van der Waals surface area contributed by atoms with E-state index in [1.807, 2.05) is 13.1 Å². The summed E-state index contributed by atoms with van der Waals surface area (Å²) in [7, 11) is 1.73. The van der Waals surface area contributed by atoms with Crippen molar-refractivity contribution in [1.29, 1.82) is 0 Å². The van der Waals surface area contributed by atoms with Crippen LogP contribution in [-0.4, -0.2) is 36.9 Å². The van der Waals surface area contributed by atoms with Gasteiger partial charge in [-0.3, -0.25) is 10.1 Å². The van der Waals surface area contributed by atoms with E-state index in [0.29, 0.717) is 6.42 Å². The normalized spacial score (nSPS) is 15.4. The van der Waals surface area contributed by atoms with Gasteiger partial charge in [0, 0.05) is 18.4 Å². The van der Waals surface area contributed by atoms with Crippen molar-refractivity contribution >= 4 is 6.21 Å². The van der Waals surface area contributed by atoms with E-state index < -0.39 is 6.04 Å². The number of ether oxygens (including phenoxy) is 1. The molecule has 0 saturated heterocycles. The molecule has 0 radical (unpaired) electrons. The Morgan fingerprint density at radius 3 is 2.73 bits per heavy atom. The van der Waals surface area contributed by atoms with Gasteiger partial charge in [0.1, 0.15) is 6.61 Å². The third kappa shape index (κ3) is 7.02. The van der Waals surface area contributed by atoms with Crippen LogP contribution >= 0.6 is 0 Å². The summed E-state index contributed by atoms with van der Waals surface area (Å²) in [5, 5.41) is 10.5. The average molecular weight is 216 g/mol. The Hall–Kier alpha value is -0.970. The summed E-state index contributed by atoms with van der Waals surface area (Å²) in [6.07, 6.45) is 4.09. The van der Waals surface area contributed by atoms with Crippen molar-refractivity contribution in [1.82, 2.24) is 0 Å². The molecule has 0 aliphatic heterocycles. The minimum atomic E-state index is -0.577. The van der Waals surface area contributed by atoms with E-state index in [4.69, 9.17) is 4.74 Å². The molecule has 88 valence electrons. The SMILES string of the molecule is CCC(COC(C)CCC=NC)[N+](=O)[O-]. The molecule has 0 amide bonds. The Balaban J connectivity index is 3.68. The van der Waals surface area contributed by atoms with Crippen LogP contribution < -0.4 is 0 Å². The molecule has 0 aromatic rings. The number of aliphatic imine (C=N–C) groups is 1. The molecule has 0 N–H and O–H groups in total. The van der Waals surface area contributed by atoms with Gasteiger partial charge in [0.05, 0.1) is 6.10 Å². The lowest BCUT2D eigenvalue weighted by Crippen LogP contribution is -2.26. The Morgan fingerprint density at radius 1 is 1.60 bits per heavy atom. The van der Waals surface area contributed by atoms with Crippen LogP contribution in [0.25, 0.3) is 0 Å². The number of nitrogens with zero attached hydrogens (tertiary/aromatic N) is 2. The first kappa shape index (κ1) is 14.0. The molecule has 2 atom stereocenters. The molecule has 0 fully saturated rings. The van der Waals surface area contributed by atoms with Gasteiger partial charge in [0.2, 0.25) is 6.04 Å². The van der Waals surface area contributed by atoms with Gasteiger partial charge in [-0.15, -0.1) is 0 Å². The van der Waals surface area contributed by atoms with Crippen LogP contribution in [0.15, 0.2) is 4.99 Å². The van der Waals surface area contributed by atoms with Gasteiger partial charge in [0.25, 0.3) is 0 Å². The van der Waals surface area contributed by atoms with Crippen LogP contribution in [0.1, 0.15) is 33.1 Å². The van der Waals surface area contributed by atoms with Gasteiger partial charge in [-0.2, -0.15) is 0 Å². The van der Waals surface area contributed by atoms with Crippen LogP contribution in [0, 0.1) is 10.1 Å². The summed E-state index contributed by atoms with van der Waals surface area (Å²) >= 11 is 0. The van der Waals surface area contributed by atoms with Crippen LogP contribution in [0.5, 0.6) is 0 Å². The zero-order valence-electron chi connectivity index (χ0n) is 9.68. The number of hydrogen-bond donors (Lipinski definition) is 0. The highest BCUT2D eigenvalue weighted by atomic mass is 16.6. The van der Waals surface area contributed by atoms with Gasteiger partial charge < -0.3 is 9.73 Å². The fraction of sp³-hybridized carbons (Fsp3) is 0.900. The fourth-order valence-corrected chi connectivity index (χ4v) is 1.12. The Bertz CT molecular complexity index is 207. The third-order valence-electron chi connectivity index (χ3n) is 2.23. The lowest BCUT2D eigenvalue weighted by Gasteiger charge is -2.13. The zero-order chi connectivity index (χ0) is 11.7. The quantitative estimate of drug-likeness (QED) is 0.354. The van der Waals surface area contributed by atoms with Gasteiger partial charge in [0.15, 0.2) is 0 Å². The molecular weight excluding hydrogens is 196 g/mol. The highest BCUT2D eigenvalue weighted by Crippen LogP contribution is 2.04. The maximum Gasteiger partial charge on any atom is 0.235 e. The van der Waals surface area contributed by atoms with E-state index in [9.17, 15) is 10.1 Å². The standard InChI is InChI=1S/C10H20N2O3/c1-4-10(12(13)14)8-15-9(2)6-5-7-11-3/h7,9-10H,4-6,8H2,1-3H3. The van der Waals surface area contributed by atoms with Gasteiger partial charge in [-0.25, -0.2) is 0 Å². The van der Waals surface area contributed by atoms with E-state index in [1.54, 1.807) is 14.0 Å². The molecule has 0 rings (SSSR count). The highest BCUT2D eigenvalue weighted by Gasteiger charge is 2.18. The molecule has 5 nitrogen and oxygen atoms in total. The highest BCUT2D eigenvalue weighted by molar-refractivity contribution is 5.56. The summed E-state index contributed by atoms with van der Waals surface area (Å²) in [5.41, 5.74) is 0. The number of nitro groups is 1. The van der Waals surface area contributed by atoms with Crippen molar-refractivity contribution in [2.45, 2.75) is 45.3 Å². The molecule has 0 heterocycles. The van der Waals surface area contributed by atoms with Gasteiger partial charge in [-0.05, 0) is 26.0 Å². The van der Waals surface area contributed by atoms with Crippen LogP contribution in [0.4, 0.5) is 0 Å². The monoisotopic (exact) mass is 216 g/mol. The topological polar surface area (TPSA) is 64.7 Å². The van der Waals surface area contributed by atoms with Gasteiger partial charge >= 0.3 is 0 Å². The first-order valence-corrected chi connectivity index (χ1v) is 5.27. The molecule has 0 saturated carbocycles. The van der Waals surface area contributed by atoms with Crippen molar-refractivity contribution in [2.75, 3.05) is 13.7 Å². The van der Waals surface area contributed by atoms with Crippen LogP contribution in [0.3, 0.4) is 0 Å². The minimum Gasteiger partial charge on any atom is -0.371 e. The molecule has 0 aliphatic carbocycles. The Kier molecular flexibility index (Phi) is 7.81. The second-order valence-corrected chi connectivity index (χ2v) is 3.51. The van der Waals surface area contributed by atoms with E-state index in [0.717, 1.165) is 12.8 Å². The van der Waals surface area contributed by atoms with E-state index >= 15 is 0 Å². The summed E-state index contributed by atoms with van der Waals surface area (Å²) in [4.78, 5) is 14.1. The first-order chi connectivity index (χ1) is 7.11. The molecule has 15 heavy (non-hydrogen) atoms. The first-order valence-electron chi connectivity index (χ1n) is 5.27. The predicted octanol–water partition coefficient (Wildman–Crippen LogP) is 1.93. The minimum absolute atomic E-state index is 0.0528. The smallest absolute Gasteiger partial charge is 0.235 e. The summed E-state index contributed by atoms with van der Waals surface area (Å²) in [6.45, 7) is 3.93. The predicted molar refractivity (Wildman–Crippen MR) is 60.1 cm³/mol. The van der Waals surface area contributed by atoms with Crippen molar-refractivity contribution < 1.29 is 9.66 Å². The molecular formula is C10H20N2O3. The average Bonchev–Trinajstić information content (AvgIpc) is 2.18. The van der Waals surface area contributed by atoms with Crippen LogP contribution in [-0.2, 0) is 4.74 Å². The fourth-order valence-electron chi connectivity index (χ4n) is 1.12. The molecule has 0 aromatic heterocycles. The summed E-state index contributed by atoms with van der Waals surface area (Å²) < 4.78 is 5.40. The second-order valence-electron chi connectivity index (χ2n) is 3.51. The lowest BCUT2D eigenvalue weighted by atomic mass is 10.2. The van der Waals surface area contributed by atoms with Crippen molar-refractivity contribution in [3.8, 4) is 0 Å². The van der Waals surface area contributed by atoms with Crippen molar-refractivity contribution in [3.63, 3.8) is 0 Å². The van der Waals surface area contributed by atoms with Crippen molar-refractivity contribution in [3.05, 3.63) is 10.1 Å². The Morgan fingerprint density at radius 2 is 2.27 bits per heavy atom. The van der Waals surface area contributed by atoms with Gasteiger partial charge in [-0.1, -0.05) is 6.92 Å². The summed E-state index contributed by atoms with van der Waals surface area (Å²) in [5.74, 6) is 0. The zero-order valence-corrected chi connectivity index (χ0v) is 9.68. The third-order valence-corrected chi connectivity index (χ3v) is 2.23. The maximum absolute atomic E-state index is 10.5. The van der Waals surface area contributed by atoms with Crippen LogP contribution in [0.2, 0.25) is 0 Å². The lowest BCUT2D eigenvalue weighted by molar-refractivity contribution is -0.527. The molecule has 0 spiro atoms. The maximum atomic E-state index is 10.5.